The fraction of sp³-hybridized carbons (Fsp3) is 0.182. The van der Waals surface area contributed by atoms with Gasteiger partial charge in [-0.25, -0.2) is 9.37 Å². The summed E-state index contributed by atoms with van der Waals surface area (Å²) in [5.74, 6) is -0.214. The minimum Gasteiger partial charge on any atom is -0.339 e. The molecule has 2 N–H and O–H groups in total. The molecule has 0 bridgehead atoms. The molecular weight excluding hydrogens is 225 g/mol. The highest BCUT2D eigenvalue weighted by Crippen LogP contribution is 2.28. The van der Waals surface area contributed by atoms with Crippen LogP contribution >= 0.6 is 11.8 Å². The van der Waals surface area contributed by atoms with Crippen molar-refractivity contribution < 1.29 is 4.39 Å². The lowest BCUT2D eigenvalue weighted by molar-refractivity contribution is 0.621. The van der Waals surface area contributed by atoms with Gasteiger partial charge in [-0.2, -0.15) is 0 Å². The molecule has 1 heterocycles. The monoisotopic (exact) mass is 237 g/mol. The number of nitrogens with zero attached hydrogens (tertiary/aromatic N) is 1. The first kappa shape index (κ1) is 11.2. The van der Waals surface area contributed by atoms with Gasteiger partial charge in [-0.1, -0.05) is 11.8 Å². The Labute approximate surface area is 97.5 Å². The van der Waals surface area contributed by atoms with E-state index in [1.165, 1.54) is 17.8 Å². The Bertz CT molecular complexity index is 456. The highest BCUT2D eigenvalue weighted by Gasteiger charge is 2.06. The summed E-state index contributed by atoms with van der Waals surface area (Å²) in [7, 11) is 1.84. The average molecular weight is 237 g/mol. The molecule has 1 aromatic carbocycles. The number of nitrogens with one attached hydrogen (secondary N) is 2. The number of hydrogen-bond donors (Lipinski definition) is 2. The van der Waals surface area contributed by atoms with Crippen LogP contribution in [0.4, 0.5) is 4.39 Å². The number of aromatic amines is 1. The van der Waals surface area contributed by atoms with Crippen molar-refractivity contribution in [1.29, 1.82) is 0 Å². The van der Waals surface area contributed by atoms with Crippen molar-refractivity contribution in [2.75, 3.05) is 7.05 Å². The average Bonchev–Trinajstić information content (AvgIpc) is 2.75. The third-order valence-electron chi connectivity index (χ3n) is 2.07. The Morgan fingerprint density at radius 3 is 3.06 bits per heavy atom. The minimum atomic E-state index is -0.214. The number of aromatic nitrogens is 2. The molecule has 3 nitrogen and oxygen atoms in total. The van der Waals surface area contributed by atoms with E-state index in [-0.39, 0.29) is 5.82 Å². The van der Waals surface area contributed by atoms with Crippen LogP contribution in [-0.4, -0.2) is 17.0 Å². The van der Waals surface area contributed by atoms with Gasteiger partial charge in [-0.05, 0) is 30.8 Å². The molecule has 0 aliphatic heterocycles. The van der Waals surface area contributed by atoms with Crippen molar-refractivity contribution in [2.45, 2.75) is 16.6 Å². The Hall–Kier alpha value is -1.33. The van der Waals surface area contributed by atoms with E-state index in [9.17, 15) is 4.39 Å². The smallest absolute Gasteiger partial charge is 0.170 e. The first-order chi connectivity index (χ1) is 7.79. The van der Waals surface area contributed by atoms with Crippen molar-refractivity contribution >= 4 is 11.8 Å². The first-order valence-corrected chi connectivity index (χ1v) is 5.71. The molecule has 0 saturated carbocycles. The highest BCUT2D eigenvalue weighted by atomic mass is 32.2. The van der Waals surface area contributed by atoms with Crippen molar-refractivity contribution in [2.24, 2.45) is 0 Å². The van der Waals surface area contributed by atoms with E-state index in [0.717, 1.165) is 15.6 Å². The topological polar surface area (TPSA) is 40.7 Å². The van der Waals surface area contributed by atoms with Gasteiger partial charge >= 0.3 is 0 Å². The number of rotatable bonds is 4. The summed E-state index contributed by atoms with van der Waals surface area (Å²) in [6.07, 6.45) is 3.47. The zero-order valence-corrected chi connectivity index (χ0v) is 9.64. The van der Waals surface area contributed by atoms with Crippen LogP contribution in [0.2, 0.25) is 0 Å². The zero-order chi connectivity index (χ0) is 11.4. The van der Waals surface area contributed by atoms with Crippen LogP contribution < -0.4 is 5.32 Å². The Morgan fingerprint density at radius 2 is 2.38 bits per heavy atom. The second-order valence-electron chi connectivity index (χ2n) is 3.28. The predicted molar refractivity (Wildman–Crippen MR) is 61.9 cm³/mol. The number of imidazole rings is 1. The molecule has 0 amide bonds. The van der Waals surface area contributed by atoms with Crippen molar-refractivity contribution in [3.8, 4) is 0 Å². The number of halogens is 1. The molecule has 0 saturated heterocycles. The number of benzene rings is 1. The summed E-state index contributed by atoms with van der Waals surface area (Å²) in [5.41, 5.74) is 0.934. The summed E-state index contributed by atoms with van der Waals surface area (Å²) >= 11 is 1.50. The molecule has 2 rings (SSSR count). The van der Waals surface area contributed by atoms with E-state index in [1.54, 1.807) is 24.5 Å². The summed E-state index contributed by atoms with van der Waals surface area (Å²) < 4.78 is 13.1. The second-order valence-corrected chi connectivity index (χ2v) is 4.31. The third-order valence-corrected chi connectivity index (χ3v) is 3.10. The Balaban J connectivity index is 2.25. The lowest BCUT2D eigenvalue weighted by Gasteiger charge is -2.07. The van der Waals surface area contributed by atoms with E-state index in [2.05, 4.69) is 15.3 Å². The van der Waals surface area contributed by atoms with Crippen molar-refractivity contribution in [1.82, 2.24) is 15.3 Å². The fourth-order valence-corrected chi connectivity index (χ4v) is 2.23. The van der Waals surface area contributed by atoms with Crippen LogP contribution in [0, 0.1) is 5.82 Å². The van der Waals surface area contributed by atoms with Crippen LogP contribution in [0.15, 0.2) is 40.6 Å². The summed E-state index contributed by atoms with van der Waals surface area (Å²) in [6, 6.07) is 4.78. The van der Waals surface area contributed by atoms with Gasteiger partial charge in [0.05, 0.1) is 0 Å². The molecular formula is C11H12FN3S. The van der Waals surface area contributed by atoms with Crippen LogP contribution in [0.25, 0.3) is 0 Å². The number of hydrogen-bond acceptors (Lipinski definition) is 3. The maximum absolute atomic E-state index is 13.1. The van der Waals surface area contributed by atoms with E-state index < -0.39 is 0 Å². The highest BCUT2D eigenvalue weighted by molar-refractivity contribution is 7.99. The van der Waals surface area contributed by atoms with Gasteiger partial charge in [0, 0.05) is 23.8 Å². The van der Waals surface area contributed by atoms with Gasteiger partial charge in [-0.15, -0.1) is 0 Å². The Morgan fingerprint density at radius 1 is 1.50 bits per heavy atom. The van der Waals surface area contributed by atoms with Crippen LogP contribution in [-0.2, 0) is 6.54 Å². The molecule has 84 valence electrons. The summed E-state index contributed by atoms with van der Waals surface area (Å²) in [5, 5.41) is 3.83. The Kier molecular flexibility index (Phi) is 3.58. The van der Waals surface area contributed by atoms with Crippen LogP contribution in [0.1, 0.15) is 5.56 Å². The molecule has 2 aromatic rings. The number of H-pyrrole nitrogens is 1. The standard InChI is InChI=1S/C11H12FN3S/c1-13-7-8-6-9(12)2-3-10(8)16-11-14-4-5-15-11/h2-6,13H,7H2,1H3,(H,14,15). The van der Waals surface area contributed by atoms with Gasteiger partial charge in [0.2, 0.25) is 0 Å². The lowest BCUT2D eigenvalue weighted by atomic mass is 10.2. The molecule has 0 unspecified atom stereocenters. The van der Waals surface area contributed by atoms with Gasteiger partial charge in [-0.3, -0.25) is 0 Å². The second kappa shape index (κ2) is 5.14. The normalized spacial score (nSPS) is 10.6. The van der Waals surface area contributed by atoms with Gasteiger partial charge in [0.25, 0.3) is 0 Å². The molecule has 0 atom stereocenters. The maximum atomic E-state index is 13.1. The van der Waals surface area contributed by atoms with E-state index in [0.29, 0.717) is 6.54 Å². The molecule has 0 radical (unpaired) electrons. The summed E-state index contributed by atoms with van der Waals surface area (Å²) in [4.78, 5) is 8.14. The zero-order valence-electron chi connectivity index (χ0n) is 8.83. The van der Waals surface area contributed by atoms with Crippen molar-refractivity contribution in [3.63, 3.8) is 0 Å². The van der Waals surface area contributed by atoms with E-state index in [1.807, 2.05) is 7.05 Å². The summed E-state index contributed by atoms with van der Waals surface area (Å²) in [6.45, 7) is 0.640. The molecule has 1 aromatic heterocycles. The third kappa shape index (κ3) is 2.62. The fourth-order valence-electron chi connectivity index (χ4n) is 1.39. The van der Waals surface area contributed by atoms with Crippen LogP contribution in [0.5, 0.6) is 0 Å². The SMILES string of the molecule is CNCc1cc(F)ccc1Sc1ncc[nH]1. The molecule has 0 aliphatic carbocycles. The molecule has 0 spiro atoms. The molecule has 0 aliphatic rings. The first-order valence-electron chi connectivity index (χ1n) is 4.90. The van der Waals surface area contributed by atoms with Gasteiger partial charge in [0.15, 0.2) is 5.16 Å². The molecule has 0 fully saturated rings. The van der Waals surface area contributed by atoms with E-state index >= 15 is 0 Å². The minimum absolute atomic E-state index is 0.214. The van der Waals surface area contributed by atoms with Gasteiger partial charge in [0.1, 0.15) is 5.82 Å². The quantitative estimate of drug-likeness (QED) is 0.858. The van der Waals surface area contributed by atoms with E-state index in [4.69, 9.17) is 0 Å². The molecule has 16 heavy (non-hydrogen) atoms. The lowest BCUT2D eigenvalue weighted by Crippen LogP contribution is -2.06. The maximum Gasteiger partial charge on any atom is 0.170 e. The van der Waals surface area contributed by atoms with Crippen LogP contribution in [0.3, 0.4) is 0 Å². The molecule has 5 heteroatoms. The van der Waals surface area contributed by atoms with Crippen molar-refractivity contribution in [3.05, 3.63) is 42.0 Å². The largest absolute Gasteiger partial charge is 0.339 e. The van der Waals surface area contributed by atoms with Gasteiger partial charge < -0.3 is 10.3 Å². The predicted octanol–water partition coefficient (Wildman–Crippen LogP) is 2.42.